The molecule has 96 valence electrons. The predicted molar refractivity (Wildman–Crippen MR) is 67.0 cm³/mol. The van der Waals surface area contributed by atoms with Gasteiger partial charge >= 0.3 is 0 Å². The summed E-state index contributed by atoms with van der Waals surface area (Å²) in [5, 5.41) is 3.51. The van der Waals surface area contributed by atoms with Gasteiger partial charge in [0.1, 0.15) is 5.72 Å². The van der Waals surface area contributed by atoms with E-state index in [1.807, 2.05) is 0 Å². The Morgan fingerprint density at radius 3 is 2.44 bits per heavy atom. The average Bonchev–Trinajstić information content (AvgIpc) is 2.24. The van der Waals surface area contributed by atoms with Crippen molar-refractivity contribution < 1.29 is 9.47 Å². The monoisotopic (exact) mass is 249 g/mol. The highest BCUT2D eigenvalue weighted by Gasteiger charge is 2.42. The van der Waals surface area contributed by atoms with Crippen molar-refractivity contribution in [1.82, 2.24) is 5.32 Å². The number of nitrogens with one attached hydrogen (secondary N) is 1. The van der Waals surface area contributed by atoms with Crippen LogP contribution in [0, 0.1) is 5.41 Å². The normalized spacial score (nSPS) is 38.8. The van der Waals surface area contributed by atoms with Crippen LogP contribution in [0.3, 0.4) is 0 Å². The number of rotatable bonds is 1. The van der Waals surface area contributed by atoms with Crippen LogP contribution in [0.15, 0.2) is 0 Å². The van der Waals surface area contributed by atoms with E-state index in [4.69, 9.17) is 9.47 Å². The molecule has 0 radical (unpaired) electrons. The minimum atomic E-state index is -0.268. The number of hydrogen-bond acceptors (Lipinski definition) is 3. The topological polar surface area (TPSA) is 30.5 Å². The Morgan fingerprint density at radius 1 is 1.19 bits per heavy atom. The maximum Gasteiger partial charge on any atom is 0.142 e. The second kappa shape index (κ2) is 5.21. The summed E-state index contributed by atoms with van der Waals surface area (Å²) >= 11 is 0. The van der Waals surface area contributed by atoms with E-state index in [0.29, 0.717) is 0 Å². The Kier molecular flexibility index (Phi) is 4.64. The lowest BCUT2D eigenvalue weighted by molar-refractivity contribution is -0.203. The summed E-state index contributed by atoms with van der Waals surface area (Å²) in [6.07, 6.45) is 3.79. The van der Waals surface area contributed by atoms with Crippen molar-refractivity contribution in [3.63, 3.8) is 0 Å². The van der Waals surface area contributed by atoms with Gasteiger partial charge in [-0.3, -0.25) is 5.32 Å². The van der Waals surface area contributed by atoms with Gasteiger partial charge in [-0.05, 0) is 26.2 Å². The summed E-state index contributed by atoms with van der Waals surface area (Å²) in [4.78, 5) is 0. The van der Waals surface area contributed by atoms with E-state index >= 15 is 0 Å². The first-order valence-electron chi connectivity index (χ1n) is 6.02. The van der Waals surface area contributed by atoms with Crippen LogP contribution in [0.1, 0.15) is 40.0 Å². The van der Waals surface area contributed by atoms with Crippen LogP contribution in [0.4, 0.5) is 0 Å². The van der Waals surface area contributed by atoms with Crippen molar-refractivity contribution >= 4 is 12.4 Å². The molecule has 1 N–H and O–H groups in total. The smallest absolute Gasteiger partial charge is 0.142 e. The van der Waals surface area contributed by atoms with Crippen LogP contribution < -0.4 is 5.32 Å². The van der Waals surface area contributed by atoms with Gasteiger partial charge in [-0.2, -0.15) is 0 Å². The molecule has 0 bridgehead atoms. The van der Waals surface area contributed by atoms with Crippen LogP contribution in [0.5, 0.6) is 0 Å². The second-order valence-electron chi connectivity index (χ2n) is 5.77. The number of ether oxygens (including phenoxy) is 2. The van der Waals surface area contributed by atoms with Gasteiger partial charge < -0.3 is 9.47 Å². The van der Waals surface area contributed by atoms with E-state index in [1.165, 1.54) is 12.8 Å². The molecule has 0 aromatic heterocycles. The van der Waals surface area contributed by atoms with E-state index in [1.54, 1.807) is 0 Å². The van der Waals surface area contributed by atoms with Gasteiger partial charge in [0.05, 0.1) is 12.7 Å². The molecule has 2 unspecified atom stereocenters. The summed E-state index contributed by atoms with van der Waals surface area (Å²) in [7, 11) is 0. The molecule has 0 aromatic rings. The average molecular weight is 250 g/mol. The molecular formula is C12H24ClNO2. The molecule has 0 aliphatic carbocycles. The molecule has 2 aliphatic rings. The molecule has 0 saturated carbocycles. The molecule has 3 nitrogen and oxygen atoms in total. The highest BCUT2D eigenvalue weighted by molar-refractivity contribution is 5.85. The first-order valence-corrected chi connectivity index (χ1v) is 6.02. The molecule has 2 fully saturated rings. The lowest BCUT2D eigenvalue weighted by Gasteiger charge is -2.47. The zero-order valence-electron chi connectivity index (χ0n) is 10.5. The standard InChI is InChI=1S/C12H23NO2.ClH/c1-11(2)8-13-12(3,15-9-11)10-6-4-5-7-14-10;/h10,13H,4-9H2,1-3H3;1H. The zero-order chi connectivity index (χ0) is 10.9. The van der Waals surface area contributed by atoms with Gasteiger partial charge in [0.2, 0.25) is 0 Å². The Labute approximate surface area is 105 Å². The van der Waals surface area contributed by atoms with Crippen LogP contribution in [0.2, 0.25) is 0 Å². The van der Waals surface area contributed by atoms with Crippen LogP contribution in [-0.4, -0.2) is 31.6 Å². The van der Waals surface area contributed by atoms with E-state index in [0.717, 1.165) is 26.2 Å². The first-order chi connectivity index (χ1) is 7.02. The van der Waals surface area contributed by atoms with Crippen LogP contribution in [0.25, 0.3) is 0 Å². The number of halogens is 1. The largest absolute Gasteiger partial charge is 0.374 e. The summed E-state index contributed by atoms with van der Waals surface area (Å²) in [5.74, 6) is 0. The molecular weight excluding hydrogens is 226 g/mol. The molecule has 2 rings (SSSR count). The van der Waals surface area contributed by atoms with Crippen molar-refractivity contribution in [2.45, 2.75) is 51.9 Å². The quantitative estimate of drug-likeness (QED) is 0.774. The molecule has 2 atom stereocenters. The summed E-state index contributed by atoms with van der Waals surface area (Å²) in [5.41, 5.74) is -0.0237. The van der Waals surface area contributed by atoms with Crippen LogP contribution in [-0.2, 0) is 9.47 Å². The predicted octanol–water partition coefficient (Wildman–Crippen LogP) is 2.34. The Hall–Kier alpha value is 0.170. The van der Waals surface area contributed by atoms with Crippen molar-refractivity contribution in [1.29, 1.82) is 0 Å². The zero-order valence-corrected chi connectivity index (χ0v) is 11.4. The van der Waals surface area contributed by atoms with Crippen molar-refractivity contribution in [3.05, 3.63) is 0 Å². The fourth-order valence-corrected chi connectivity index (χ4v) is 2.24. The maximum absolute atomic E-state index is 5.98. The van der Waals surface area contributed by atoms with Crippen molar-refractivity contribution in [3.8, 4) is 0 Å². The lowest BCUT2D eigenvalue weighted by atomic mass is 9.89. The summed E-state index contributed by atoms with van der Waals surface area (Å²) in [6, 6.07) is 0. The Bertz CT molecular complexity index is 217. The highest BCUT2D eigenvalue weighted by atomic mass is 35.5. The molecule has 4 heteroatoms. The van der Waals surface area contributed by atoms with E-state index in [-0.39, 0.29) is 29.7 Å². The molecule has 16 heavy (non-hydrogen) atoms. The van der Waals surface area contributed by atoms with Gasteiger partial charge in [0, 0.05) is 18.6 Å². The second-order valence-corrected chi connectivity index (χ2v) is 5.77. The minimum absolute atomic E-state index is 0. The maximum atomic E-state index is 5.98. The highest BCUT2D eigenvalue weighted by Crippen LogP contribution is 2.31. The molecule has 2 aliphatic heterocycles. The SMILES string of the molecule is CC1(C)CNC(C)(C2CCCCO2)OC1.Cl. The minimum Gasteiger partial charge on any atom is -0.374 e. The van der Waals surface area contributed by atoms with E-state index in [2.05, 4.69) is 26.1 Å². The Balaban J connectivity index is 0.00000128. The lowest BCUT2D eigenvalue weighted by Crippen LogP contribution is -2.62. The van der Waals surface area contributed by atoms with Crippen LogP contribution >= 0.6 is 12.4 Å². The van der Waals surface area contributed by atoms with Gasteiger partial charge in [0.25, 0.3) is 0 Å². The van der Waals surface area contributed by atoms with E-state index in [9.17, 15) is 0 Å². The first kappa shape index (κ1) is 14.2. The van der Waals surface area contributed by atoms with Gasteiger partial charge in [-0.15, -0.1) is 12.4 Å². The molecule has 2 heterocycles. The fraction of sp³-hybridized carbons (Fsp3) is 1.00. The Morgan fingerprint density at radius 2 is 1.94 bits per heavy atom. The third-order valence-corrected chi connectivity index (χ3v) is 3.47. The van der Waals surface area contributed by atoms with Gasteiger partial charge in [0.15, 0.2) is 0 Å². The summed E-state index contributed by atoms with van der Waals surface area (Å²) in [6.45, 7) is 9.27. The third kappa shape index (κ3) is 3.10. The molecule has 0 amide bonds. The van der Waals surface area contributed by atoms with Gasteiger partial charge in [-0.25, -0.2) is 0 Å². The van der Waals surface area contributed by atoms with Crippen molar-refractivity contribution in [2.75, 3.05) is 19.8 Å². The third-order valence-electron chi connectivity index (χ3n) is 3.47. The molecule has 0 aromatic carbocycles. The fourth-order valence-electron chi connectivity index (χ4n) is 2.24. The number of hydrogen-bond donors (Lipinski definition) is 1. The molecule has 0 spiro atoms. The van der Waals surface area contributed by atoms with Crippen molar-refractivity contribution in [2.24, 2.45) is 5.41 Å². The summed E-state index contributed by atoms with van der Waals surface area (Å²) < 4.78 is 11.8. The molecule has 2 saturated heterocycles. The van der Waals surface area contributed by atoms with Gasteiger partial charge in [-0.1, -0.05) is 13.8 Å². The van der Waals surface area contributed by atoms with E-state index < -0.39 is 0 Å².